The van der Waals surface area contributed by atoms with Crippen molar-refractivity contribution in [3.63, 3.8) is 0 Å². The van der Waals surface area contributed by atoms with E-state index < -0.39 is 53.1 Å². The maximum Gasteiger partial charge on any atom is 0.332 e. The third-order valence-corrected chi connectivity index (χ3v) is 8.15. The maximum absolute atomic E-state index is 14.6. The quantitative estimate of drug-likeness (QED) is 0.403. The number of allylic oxidation sites excluding steroid dienone is 1. The van der Waals surface area contributed by atoms with Gasteiger partial charge in [0.1, 0.15) is 17.7 Å². The summed E-state index contributed by atoms with van der Waals surface area (Å²) in [6, 6.07) is 4.72. The number of rotatable bonds is 5. The summed E-state index contributed by atoms with van der Waals surface area (Å²) in [5.41, 5.74) is 5.08. The van der Waals surface area contributed by atoms with Crippen LogP contribution in [0, 0.1) is 5.92 Å². The molecular formula is C30H37F2N5O5. The third-order valence-electron chi connectivity index (χ3n) is 8.15. The zero-order valence-electron chi connectivity index (χ0n) is 23.9. The molecule has 0 spiro atoms. The summed E-state index contributed by atoms with van der Waals surface area (Å²) >= 11 is 0. The number of ether oxygens (including phenoxy) is 2. The van der Waals surface area contributed by atoms with Gasteiger partial charge in [0.2, 0.25) is 17.7 Å². The van der Waals surface area contributed by atoms with Crippen molar-refractivity contribution in [3.05, 3.63) is 42.1 Å². The zero-order valence-corrected chi connectivity index (χ0v) is 23.9. The highest BCUT2D eigenvalue weighted by atomic mass is 19.3. The normalized spacial score (nSPS) is 28.7. The second-order valence-electron chi connectivity index (χ2n) is 11.4. The van der Waals surface area contributed by atoms with Gasteiger partial charge in [0, 0.05) is 19.3 Å². The number of aromatic nitrogens is 2. The lowest BCUT2D eigenvalue weighted by atomic mass is 10.1. The van der Waals surface area contributed by atoms with Crippen LogP contribution < -0.4 is 15.8 Å². The van der Waals surface area contributed by atoms with Crippen LogP contribution in [0.2, 0.25) is 0 Å². The van der Waals surface area contributed by atoms with Crippen LogP contribution in [0.15, 0.2) is 36.4 Å². The largest absolute Gasteiger partial charge is 0.471 e. The molecule has 3 aliphatic rings. The molecular weight excluding hydrogens is 548 g/mol. The number of carbonyl (C=O) groups excluding carboxylic acids is 3. The van der Waals surface area contributed by atoms with E-state index in [9.17, 15) is 23.2 Å². The topological polar surface area (TPSA) is 137 Å². The molecule has 3 N–H and O–H groups in total. The van der Waals surface area contributed by atoms with Crippen molar-refractivity contribution in [2.24, 2.45) is 11.7 Å². The van der Waals surface area contributed by atoms with E-state index in [1.54, 1.807) is 31.2 Å². The van der Waals surface area contributed by atoms with Crippen molar-refractivity contribution < 1.29 is 32.6 Å². The Balaban J connectivity index is 1.45. The highest BCUT2D eigenvalue weighted by Gasteiger charge is 2.62. The maximum atomic E-state index is 14.6. The summed E-state index contributed by atoms with van der Waals surface area (Å²) in [6.45, 7) is 2.50. The summed E-state index contributed by atoms with van der Waals surface area (Å²) in [5.74, 6) is -5.46. The number of esters is 1. The number of hydrogen-bond acceptors (Lipinski definition) is 8. The van der Waals surface area contributed by atoms with E-state index in [1.807, 2.05) is 12.2 Å². The van der Waals surface area contributed by atoms with Crippen LogP contribution in [-0.2, 0) is 25.0 Å². The molecule has 0 bridgehead atoms. The van der Waals surface area contributed by atoms with Crippen LogP contribution in [-0.4, -0.2) is 69.5 Å². The summed E-state index contributed by atoms with van der Waals surface area (Å²) in [7, 11) is 0. The first-order valence-electron chi connectivity index (χ1n) is 14.6. The van der Waals surface area contributed by atoms with Crippen molar-refractivity contribution in [1.82, 2.24) is 20.2 Å². The Morgan fingerprint density at radius 1 is 1.19 bits per heavy atom. The van der Waals surface area contributed by atoms with Crippen molar-refractivity contribution in [2.75, 3.05) is 13.2 Å². The number of benzene rings is 1. The smallest absolute Gasteiger partial charge is 0.332 e. The molecule has 1 saturated carbocycles. The SMILES string of the molecule is CCOC(=O)[C@@]12C[C@H]1C=CCCCCC[C@H](N)C(=O)N1C[C@H](Oc3nc4ccccc4nc3C(C)(F)F)C[C@H]1C(=O)N2. The first kappa shape index (κ1) is 29.8. The Morgan fingerprint density at radius 3 is 2.64 bits per heavy atom. The van der Waals surface area contributed by atoms with Crippen LogP contribution in [0.5, 0.6) is 5.88 Å². The van der Waals surface area contributed by atoms with Gasteiger partial charge in [-0.1, -0.05) is 37.1 Å². The van der Waals surface area contributed by atoms with Crippen molar-refractivity contribution in [3.8, 4) is 5.88 Å². The summed E-state index contributed by atoms with van der Waals surface area (Å²) in [6.07, 6.45) is 7.26. The second kappa shape index (κ2) is 11.9. The third kappa shape index (κ3) is 6.08. The van der Waals surface area contributed by atoms with E-state index in [4.69, 9.17) is 15.2 Å². The molecule has 42 heavy (non-hydrogen) atoms. The van der Waals surface area contributed by atoms with E-state index in [-0.39, 0.29) is 31.4 Å². The summed E-state index contributed by atoms with van der Waals surface area (Å²) < 4.78 is 40.5. The highest BCUT2D eigenvalue weighted by molar-refractivity contribution is 5.96. The number of nitrogens with zero attached hydrogens (tertiary/aromatic N) is 3. The minimum atomic E-state index is -3.36. The Kier molecular flexibility index (Phi) is 8.45. The van der Waals surface area contributed by atoms with Gasteiger partial charge >= 0.3 is 5.97 Å². The van der Waals surface area contributed by atoms with Crippen LogP contribution in [0.4, 0.5) is 8.78 Å². The number of amides is 2. The number of hydrogen-bond donors (Lipinski definition) is 2. The predicted octanol–water partition coefficient (Wildman–Crippen LogP) is 3.38. The fourth-order valence-electron chi connectivity index (χ4n) is 5.80. The highest BCUT2D eigenvalue weighted by Crippen LogP contribution is 2.46. The average molecular weight is 586 g/mol. The van der Waals surface area contributed by atoms with Gasteiger partial charge in [-0.05, 0) is 44.7 Å². The lowest BCUT2D eigenvalue weighted by Crippen LogP contribution is -2.55. The second-order valence-corrected chi connectivity index (χ2v) is 11.4. The molecule has 12 heteroatoms. The minimum Gasteiger partial charge on any atom is -0.471 e. The molecule has 10 nitrogen and oxygen atoms in total. The van der Waals surface area contributed by atoms with Gasteiger partial charge in [-0.2, -0.15) is 8.78 Å². The zero-order chi connectivity index (χ0) is 30.1. The van der Waals surface area contributed by atoms with E-state index >= 15 is 0 Å². The molecule has 1 saturated heterocycles. The molecule has 1 aromatic heterocycles. The number of nitrogens with two attached hydrogens (primary N) is 1. The van der Waals surface area contributed by atoms with Gasteiger partial charge < -0.3 is 25.4 Å². The van der Waals surface area contributed by atoms with Gasteiger partial charge in [0.25, 0.3) is 5.92 Å². The van der Waals surface area contributed by atoms with Crippen molar-refractivity contribution >= 4 is 28.8 Å². The molecule has 2 amide bonds. The van der Waals surface area contributed by atoms with E-state index in [1.165, 1.54) is 4.90 Å². The van der Waals surface area contributed by atoms with Crippen molar-refractivity contribution in [2.45, 2.75) is 88.4 Å². The van der Waals surface area contributed by atoms with Gasteiger partial charge in [-0.25, -0.2) is 14.8 Å². The molecule has 5 atom stereocenters. The summed E-state index contributed by atoms with van der Waals surface area (Å²) in [4.78, 5) is 50.0. The van der Waals surface area contributed by atoms with Crippen LogP contribution in [0.25, 0.3) is 11.0 Å². The fraction of sp³-hybridized carbons (Fsp3) is 0.567. The molecule has 5 rings (SSSR count). The number of alkyl halides is 2. The van der Waals surface area contributed by atoms with Gasteiger partial charge in [0.05, 0.1) is 30.2 Å². The fourth-order valence-corrected chi connectivity index (χ4v) is 5.80. The molecule has 1 aliphatic carbocycles. The summed E-state index contributed by atoms with van der Waals surface area (Å²) in [5, 5.41) is 2.87. The monoisotopic (exact) mass is 585 g/mol. The predicted molar refractivity (Wildman–Crippen MR) is 149 cm³/mol. The Hall–Kier alpha value is -3.67. The number of nitrogens with one attached hydrogen (secondary N) is 1. The minimum absolute atomic E-state index is 0.00701. The molecule has 0 radical (unpaired) electrons. The van der Waals surface area contributed by atoms with E-state index in [2.05, 4.69) is 15.3 Å². The molecule has 2 aromatic rings. The molecule has 226 valence electrons. The molecule has 2 fully saturated rings. The molecule has 1 aromatic carbocycles. The molecule has 0 unspecified atom stereocenters. The lowest BCUT2D eigenvalue weighted by molar-refractivity contribution is -0.150. The average Bonchev–Trinajstić information content (AvgIpc) is 3.48. The lowest BCUT2D eigenvalue weighted by Gasteiger charge is -2.28. The van der Waals surface area contributed by atoms with Crippen LogP contribution in [0.3, 0.4) is 0 Å². The van der Waals surface area contributed by atoms with Crippen LogP contribution >= 0.6 is 0 Å². The molecule has 2 aliphatic heterocycles. The number of carbonyl (C=O) groups is 3. The van der Waals surface area contributed by atoms with E-state index in [0.717, 1.165) is 25.7 Å². The molecule has 3 heterocycles. The Morgan fingerprint density at radius 2 is 1.93 bits per heavy atom. The standard InChI is InChI=1S/C30H37F2N5O5/c1-3-41-28(40)30-16-18(30)11-7-5-4-6-8-12-20(33)27(39)37-17-19(15-23(37)25(38)36-30)42-26-24(29(2,31)32)34-21-13-9-10-14-22(21)35-26/h7,9-11,13-14,18-20,23H,3-6,8,12,15-17,33H2,1-2H3,(H,36,38)/t18-,19-,20+,23+,30-/m1/s1. The number of para-hydroxylation sites is 2. The first-order valence-corrected chi connectivity index (χ1v) is 14.6. The van der Waals surface area contributed by atoms with Crippen LogP contribution in [0.1, 0.15) is 64.5 Å². The number of halogens is 2. The Bertz CT molecular complexity index is 1380. The number of fused-ring (bicyclic) bond motifs is 3. The first-order chi connectivity index (χ1) is 20.0. The van der Waals surface area contributed by atoms with Gasteiger partial charge in [-0.3, -0.25) is 9.59 Å². The van der Waals surface area contributed by atoms with Crippen molar-refractivity contribution in [1.29, 1.82) is 0 Å². The van der Waals surface area contributed by atoms with Gasteiger partial charge in [-0.15, -0.1) is 0 Å². The van der Waals surface area contributed by atoms with E-state index in [0.29, 0.717) is 30.8 Å². The van der Waals surface area contributed by atoms with Gasteiger partial charge in [0.15, 0.2) is 5.69 Å². The Labute approximate surface area is 243 Å².